The van der Waals surface area contributed by atoms with E-state index in [2.05, 4.69) is 15.3 Å². The van der Waals surface area contributed by atoms with Crippen molar-refractivity contribution in [2.24, 2.45) is 5.92 Å². The highest BCUT2D eigenvalue weighted by molar-refractivity contribution is 5.76. The molecule has 2 heterocycles. The molecule has 0 spiro atoms. The van der Waals surface area contributed by atoms with Gasteiger partial charge in [-0.2, -0.15) is 0 Å². The molecule has 0 aliphatic carbocycles. The van der Waals surface area contributed by atoms with Gasteiger partial charge in [-0.25, -0.2) is 4.98 Å². The van der Waals surface area contributed by atoms with Crippen LogP contribution in [-0.4, -0.2) is 47.5 Å². The van der Waals surface area contributed by atoms with E-state index in [1.165, 1.54) is 0 Å². The molecule has 3 rings (SSSR count). The Morgan fingerprint density at radius 3 is 2.88 bits per heavy atom. The van der Waals surface area contributed by atoms with Crippen molar-refractivity contribution in [3.63, 3.8) is 0 Å². The number of piperidine rings is 1. The summed E-state index contributed by atoms with van der Waals surface area (Å²) in [5.41, 5.74) is 0.974. The smallest absolute Gasteiger partial charge is 0.226 e. The summed E-state index contributed by atoms with van der Waals surface area (Å²) in [6.45, 7) is 2.03. The van der Waals surface area contributed by atoms with Crippen LogP contribution in [-0.2, 0) is 11.2 Å². The monoisotopic (exact) mass is 354 g/mol. The lowest BCUT2D eigenvalue weighted by molar-refractivity contribution is -0.133. The first-order chi connectivity index (χ1) is 12.8. The zero-order valence-corrected chi connectivity index (χ0v) is 15.2. The third-order valence-corrected chi connectivity index (χ3v) is 4.69. The lowest BCUT2D eigenvalue weighted by Gasteiger charge is -2.33. The summed E-state index contributed by atoms with van der Waals surface area (Å²) in [6.07, 6.45) is 6.82. The minimum absolute atomic E-state index is 0.165. The maximum Gasteiger partial charge on any atom is 0.226 e. The molecule has 0 saturated carbocycles. The van der Waals surface area contributed by atoms with E-state index < -0.39 is 0 Å². The largest absolute Gasteiger partial charge is 0.493 e. The molecule has 6 heteroatoms. The number of ether oxygens (including phenoxy) is 1. The number of rotatable bonds is 7. The summed E-state index contributed by atoms with van der Waals surface area (Å²) in [7, 11) is 1.86. The van der Waals surface area contributed by atoms with Crippen LogP contribution in [0.5, 0.6) is 5.75 Å². The Morgan fingerprint density at radius 1 is 1.27 bits per heavy atom. The van der Waals surface area contributed by atoms with Crippen molar-refractivity contribution in [2.75, 3.05) is 32.1 Å². The average molecular weight is 354 g/mol. The third kappa shape index (κ3) is 4.94. The van der Waals surface area contributed by atoms with Crippen LogP contribution >= 0.6 is 0 Å². The van der Waals surface area contributed by atoms with E-state index in [0.29, 0.717) is 18.9 Å². The Labute approximate surface area is 154 Å². The van der Waals surface area contributed by atoms with Crippen molar-refractivity contribution in [1.82, 2.24) is 14.9 Å². The number of anilines is 1. The van der Waals surface area contributed by atoms with E-state index in [4.69, 9.17) is 4.74 Å². The zero-order valence-electron chi connectivity index (χ0n) is 15.2. The van der Waals surface area contributed by atoms with Gasteiger partial charge < -0.3 is 15.0 Å². The summed E-state index contributed by atoms with van der Waals surface area (Å²) >= 11 is 0. The molecular formula is C20H26N4O2. The van der Waals surface area contributed by atoms with Gasteiger partial charge in [-0.3, -0.25) is 9.78 Å². The van der Waals surface area contributed by atoms with Gasteiger partial charge in [0.25, 0.3) is 0 Å². The predicted octanol–water partition coefficient (Wildman–Crippen LogP) is 2.77. The number of hydrogen-bond acceptors (Lipinski definition) is 5. The molecule has 1 aliphatic heterocycles. The van der Waals surface area contributed by atoms with Gasteiger partial charge in [-0.05, 0) is 37.3 Å². The standard InChI is InChI=1S/C20H26N4O2/c1-21-20-18(22-10-11-23-20)14-16-6-5-12-24(15-16)19(25)9-13-26-17-7-3-2-4-8-17/h2-4,7-8,10-11,16H,5-6,9,12-15H2,1H3,(H,21,23)/t16-/m1/s1. The van der Waals surface area contributed by atoms with Crippen LogP contribution in [0.3, 0.4) is 0 Å². The molecule has 0 bridgehead atoms. The van der Waals surface area contributed by atoms with Crippen LogP contribution in [0.25, 0.3) is 0 Å². The second kappa shape index (κ2) is 9.17. The Kier molecular flexibility index (Phi) is 6.41. The van der Waals surface area contributed by atoms with Crippen molar-refractivity contribution in [3.8, 4) is 5.75 Å². The normalized spacial score (nSPS) is 17.0. The van der Waals surface area contributed by atoms with E-state index in [0.717, 1.165) is 49.6 Å². The van der Waals surface area contributed by atoms with Crippen molar-refractivity contribution < 1.29 is 9.53 Å². The molecule has 26 heavy (non-hydrogen) atoms. The fraction of sp³-hybridized carbons (Fsp3) is 0.450. The Hall–Kier alpha value is -2.63. The first kappa shape index (κ1) is 18.2. The number of hydrogen-bond donors (Lipinski definition) is 1. The number of aromatic nitrogens is 2. The van der Waals surface area contributed by atoms with E-state index in [9.17, 15) is 4.79 Å². The third-order valence-electron chi connectivity index (χ3n) is 4.69. The molecule has 0 unspecified atom stereocenters. The second-order valence-corrected chi connectivity index (χ2v) is 6.57. The number of carbonyl (C=O) groups is 1. The van der Waals surface area contributed by atoms with Gasteiger partial charge in [0.05, 0.1) is 18.7 Å². The van der Waals surface area contributed by atoms with E-state index in [1.807, 2.05) is 42.3 Å². The summed E-state index contributed by atoms with van der Waals surface area (Å²) in [5, 5.41) is 3.09. The summed E-state index contributed by atoms with van der Waals surface area (Å²) < 4.78 is 5.65. The molecule has 1 atom stereocenters. The van der Waals surface area contributed by atoms with Gasteiger partial charge in [-0.15, -0.1) is 0 Å². The molecule has 1 amide bonds. The highest BCUT2D eigenvalue weighted by atomic mass is 16.5. The fourth-order valence-corrected chi connectivity index (χ4v) is 3.39. The van der Waals surface area contributed by atoms with Gasteiger partial charge in [-0.1, -0.05) is 18.2 Å². The number of para-hydroxylation sites is 1. The lowest BCUT2D eigenvalue weighted by Crippen LogP contribution is -2.41. The van der Waals surface area contributed by atoms with E-state index in [-0.39, 0.29) is 5.91 Å². The summed E-state index contributed by atoms with van der Waals surface area (Å²) in [4.78, 5) is 23.2. The van der Waals surface area contributed by atoms with E-state index in [1.54, 1.807) is 12.4 Å². The van der Waals surface area contributed by atoms with Crippen LogP contribution in [0.4, 0.5) is 5.82 Å². The molecule has 1 aromatic carbocycles. The number of nitrogens with one attached hydrogen (secondary N) is 1. The number of benzene rings is 1. The van der Waals surface area contributed by atoms with Gasteiger partial charge >= 0.3 is 0 Å². The maximum absolute atomic E-state index is 12.5. The van der Waals surface area contributed by atoms with Crippen LogP contribution in [0.15, 0.2) is 42.7 Å². The summed E-state index contributed by atoms with van der Waals surface area (Å²) in [5.74, 6) is 2.22. The van der Waals surface area contributed by atoms with Gasteiger partial charge in [0.15, 0.2) is 0 Å². The van der Waals surface area contributed by atoms with Crippen molar-refractivity contribution in [3.05, 3.63) is 48.4 Å². The van der Waals surface area contributed by atoms with Gasteiger partial charge in [0.1, 0.15) is 11.6 Å². The Balaban J connectivity index is 1.49. The van der Waals surface area contributed by atoms with Gasteiger partial charge in [0, 0.05) is 32.5 Å². The minimum Gasteiger partial charge on any atom is -0.493 e. The average Bonchev–Trinajstić information content (AvgIpc) is 2.69. The number of likely N-dealkylation sites (tertiary alicyclic amines) is 1. The fourth-order valence-electron chi connectivity index (χ4n) is 3.39. The Bertz CT molecular complexity index is 708. The van der Waals surface area contributed by atoms with E-state index >= 15 is 0 Å². The molecule has 2 aromatic rings. The van der Waals surface area contributed by atoms with Crippen LogP contribution in [0, 0.1) is 5.92 Å². The quantitative estimate of drug-likeness (QED) is 0.828. The van der Waals surface area contributed by atoms with Crippen LogP contribution in [0.1, 0.15) is 25.0 Å². The summed E-state index contributed by atoms with van der Waals surface area (Å²) in [6, 6.07) is 9.61. The van der Waals surface area contributed by atoms with Crippen molar-refractivity contribution in [1.29, 1.82) is 0 Å². The van der Waals surface area contributed by atoms with Crippen LogP contribution < -0.4 is 10.1 Å². The molecule has 1 N–H and O–H groups in total. The maximum atomic E-state index is 12.5. The molecule has 1 aromatic heterocycles. The zero-order chi connectivity index (χ0) is 18.2. The Morgan fingerprint density at radius 2 is 2.08 bits per heavy atom. The number of carbonyl (C=O) groups excluding carboxylic acids is 1. The molecule has 6 nitrogen and oxygen atoms in total. The molecule has 1 saturated heterocycles. The first-order valence-corrected chi connectivity index (χ1v) is 9.19. The van der Waals surface area contributed by atoms with Gasteiger partial charge in [0.2, 0.25) is 5.91 Å². The highest BCUT2D eigenvalue weighted by Gasteiger charge is 2.24. The number of nitrogens with zero attached hydrogens (tertiary/aromatic N) is 3. The predicted molar refractivity (Wildman–Crippen MR) is 101 cm³/mol. The highest BCUT2D eigenvalue weighted by Crippen LogP contribution is 2.23. The topological polar surface area (TPSA) is 67.4 Å². The molecular weight excluding hydrogens is 328 g/mol. The van der Waals surface area contributed by atoms with Crippen molar-refractivity contribution >= 4 is 11.7 Å². The molecule has 1 fully saturated rings. The molecule has 138 valence electrons. The van der Waals surface area contributed by atoms with Crippen LogP contribution in [0.2, 0.25) is 0 Å². The first-order valence-electron chi connectivity index (χ1n) is 9.19. The molecule has 0 radical (unpaired) electrons. The number of amides is 1. The molecule has 1 aliphatic rings. The lowest BCUT2D eigenvalue weighted by atomic mass is 9.93. The SMILES string of the molecule is CNc1nccnc1C[C@H]1CCCN(C(=O)CCOc2ccccc2)C1. The minimum atomic E-state index is 0.165. The van der Waals surface area contributed by atoms with Crippen molar-refractivity contribution in [2.45, 2.75) is 25.7 Å². The second-order valence-electron chi connectivity index (χ2n) is 6.57.